The number of rotatable bonds is 10. The Balaban J connectivity index is 1.47. The molecule has 0 aliphatic carbocycles. The van der Waals surface area contributed by atoms with Gasteiger partial charge in [0.2, 0.25) is 0 Å². The van der Waals surface area contributed by atoms with Crippen molar-refractivity contribution in [3.8, 4) is 0 Å². The number of hydrogen-bond donors (Lipinski definition) is 0. The van der Waals surface area contributed by atoms with E-state index >= 15 is 0 Å². The van der Waals surface area contributed by atoms with Crippen molar-refractivity contribution in [1.29, 1.82) is 0 Å². The van der Waals surface area contributed by atoms with Crippen molar-refractivity contribution >= 4 is 55.7 Å². The van der Waals surface area contributed by atoms with Crippen LogP contribution < -0.4 is 9.80 Å². The van der Waals surface area contributed by atoms with Gasteiger partial charge < -0.3 is 9.80 Å². The minimum absolute atomic E-state index is 1.05. The third kappa shape index (κ3) is 5.63. The van der Waals surface area contributed by atoms with Crippen LogP contribution in [-0.2, 0) is 12.8 Å². The van der Waals surface area contributed by atoms with E-state index in [2.05, 4.69) is 181 Å². The van der Waals surface area contributed by atoms with Crippen LogP contribution in [0.2, 0.25) is 0 Å². The first-order chi connectivity index (χ1) is 22.8. The topological polar surface area (TPSA) is 6.48 Å². The van der Waals surface area contributed by atoms with Gasteiger partial charge in [-0.2, -0.15) is 0 Å². The van der Waals surface area contributed by atoms with E-state index in [0.29, 0.717) is 0 Å². The van der Waals surface area contributed by atoms with Gasteiger partial charge in [0, 0.05) is 34.1 Å². The summed E-state index contributed by atoms with van der Waals surface area (Å²) in [5, 5.41) is 5.37. The highest BCUT2D eigenvalue weighted by Crippen LogP contribution is 2.43. The smallest absolute Gasteiger partial charge is 0.0468 e. The third-order valence-electron chi connectivity index (χ3n) is 8.88. The average molecular weight is 597 g/mol. The zero-order chi connectivity index (χ0) is 31.3. The van der Waals surface area contributed by atoms with Crippen molar-refractivity contribution in [3.63, 3.8) is 0 Å². The van der Waals surface area contributed by atoms with E-state index in [1.54, 1.807) is 0 Å². The Morgan fingerprint density at radius 1 is 0.326 bits per heavy atom. The Hall–Kier alpha value is -5.34. The minimum atomic E-state index is 1.05. The number of hydrogen-bond acceptors (Lipinski definition) is 2. The van der Waals surface area contributed by atoms with E-state index in [1.807, 2.05) is 0 Å². The highest BCUT2D eigenvalue weighted by Gasteiger charge is 2.20. The average Bonchev–Trinajstić information content (AvgIpc) is 3.12. The molecule has 2 nitrogen and oxygen atoms in total. The van der Waals surface area contributed by atoms with Crippen LogP contribution in [0, 0.1) is 0 Å². The molecule has 0 unspecified atom stereocenters. The molecular formula is C44H40N2. The van der Waals surface area contributed by atoms with Crippen LogP contribution in [0.5, 0.6) is 0 Å². The van der Waals surface area contributed by atoms with Gasteiger partial charge in [-0.25, -0.2) is 0 Å². The van der Waals surface area contributed by atoms with Gasteiger partial charge in [-0.15, -0.1) is 0 Å². The van der Waals surface area contributed by atoms with Gasteiger partial charge in [-0.05, 0) is 118 Å². The first-order valence-corrected chi connectivity index (χ1v) is 16.6. The quantitative estimate of drug-likeness (QED) is 0.145. The fourth-order valence-corrected chi connectivity index (χ4v) is 6.91. The van der Waals surface area contributed by atoms with E-state index in [-0.39, 0.29) is 0 Å². The normalized spacial score (nSPS) is 11.2. The molecule has 0 aliphatic rings. The van der Waals surface area contributed by atoms with Crippen molar-refractivity contribution in [2.45, 2.75) is 39.5 Å². The number of fused-ring (bicyclic) bond motifs is 3. The molecule has 0 saturated carbocycles. The van der Waals surface area contributed by atoms with Gasteiger partial charge in [0.15, 0.2) is 0 Å². The van der Waals surface area contributed by atoms with E-state index in [0.717, 1.165) is 48.4 Å². The maximum atomic E-state index is 2.44. The highest BCUT2D eigenvalue weighted by atomic mass is 15.1. The summed E-state index contributed by atoms with van der Waals surface area (Å²) in [6, 6.07) is 57.0. The fourth-order valence-electron chi connectivity index (χ4n) is 6.91. The molecule has 0 aliphatic heterocycles. The van der Waals surface area contributed by atoms with Gasteiger partial charge in [0.25, 0.3) is 0 Å². The lowest BCUT2D eigenvalue weighted by Gasteiger charge is -2.28. The van der Waals surface area contributed by atoms with Crippen molar-refractivity contribution in [2.75, 3.05) is 9.80 Å². The van der Waals surface area contributed by atoms with Crippen LogP contribution in [0.1, 0.15) is 37.8 Å². The van der Waals surface area contributed by atoms with E-state index in [1.165, 1.54) is 44.0 Å². The van der Waals surface area contributed by atoms with E-state index < -0.39 is 0 Å². The van der Waals surface area contributed by atoms with Crippen LogP contribution in [0.15, 0.2) is 158 Å². The van der Waals surface area contributed by atoms with Gasteiger partial charge >= 0.3 is 0 Å². The van der Waals surface area contributed by atoms with Gasteiger partial charge in [-0.1, -0.05) is 112 Å². The maximum absolute atomic E-state index is 2.44. The minimum Gasteiger partial charge on any atom is -0.310 e. The molecule has 0 aromatic heterocycles. The third-order valence-corrected chi connectivity index (χ3v) is 8.88. The number of para-hydroxylation sites is 4. The molecular weight excluding hydrogens is 556 g/mol. The highest BCUT2D eigenvalue weighted by molar-refractivity contribution is 6.13. The molecule has 7 rings (SSSR count). The van der Waals surface area contributed by atoms with Crippen LogP contribution in [0.4, 0.5) is 34.1 Å². The largest absolute Gasteiger partial charge is 0.310 e. The van der Waals surface area contributed by atoms with Crippen LogP contribution in [0.3, 0.4) is 0 Å². The zero-order valence-corrected chi connectivity index (χ0v) is 26.7. The van der Waals surface area contributed by atoms with E-state index in [4.69, 9.17) is 0 Å². The van der Waals surface area contributed by atoms with Crippen molar-refractivity contribution in [3.05, 3.63) is 169 Å². The fraction of sp³-hybridized carbons (Fsp3) is 0.136. The first kappa shape index (κ1) is 29.4. The Labute approximate surface area is 273 Å². The molecule has 46 heavy (non-hydrogen) atoms. The molecule has 0 saturated heterocycles. The lowest BCUT2D eigenvalue weighted by atomic mass is 9.87. The Bertz CT molecular complexity index is 1820. The number of anilines is 6. The SMILES string of the molecule is CCCc1c(CCC)c2cc(N(c3ccccc3)c3ccccc3)ccc2c2ccc(N(c3ccccc3)c3ccccc3)cc12. The maximum Gasteiger partial charge on any atom is 0.0468 e. The second kappa shape index (κ2) is 13.3. The monoisotopic (exact) mass is 596 g/mol. The summed E-state index contributed by atoms with van der Waals surface area (Å²) in [4.78, 5) is 4.75. The zero-order valence-electron chi connectivity index (χ0n) is 26.7. The number of benzene rings is 7. The Kier molecular flexibility index (Phi) is 8.52. The summed E-state index contributed by atoms with van der Waals surface area (Å²) in [5.41, 5.74) is 9.96. The van der Waals surface area contributed by atoms with Crippen LogP contribution in [-0.4, -0.2) is 0 Å². The van der Waals surface area contributed by atoms with Crippen molar-refractivity contribution < 1.29 is 0 Å². The summed E-state index contributed by atoms with van der Waals surface area (Å²) in [6.07, 6.45) is 4.30. The summed E-state index contributed by atoms with van der Waals surface area (Å²) in [5.74, 6) is 0. The molecule has 226 valence electrons. The Morgan fingerprint density at radius 2 is 0.630 bits per heavy atom. The molecule has 0 N–H and O–H groups in total. The number of aryl methyl sites for hydroxylation is 2. The molecule has 0 bridgehead atoms. The van der Waals surface area contributed by atoms with Gasteiger partial charge in [0.1, 0.15) is 0 Å². The van der Waals surface area contributed by atoms with Crippen molar-refractivity contribution in [2.24, 2.45) is 0 Å². The van der Waals surface area contributed by atoms with Crippen molar-refractivity contribution in [1.82, 2.24) is 0 Å². The molecule has 0 fully saturated rings. The van der Waals surface area contributed by atoms with E-state index in [9.17, 15) is 0 Å². The summed E-state index contributed by atoms with van der Waals surface area (Å²) >= 11 is 0. The second-order valence-electron chi connectivity index (χ2n) is 11.9. The van der Waals surface area contributed by atoms with Crippen LogP contribution >= 0.6 is 0 Å². The molecule has 0 radical (unpaired) electrons. The molecule has 7 aromatic carbocycles. The lowest BCUT2D eigenvalue weighted by molar-refractivity contribution is 0.874. The summed E-state index contributed by atoms with van der Waals surface area (Å²) in [7, 11) is 0. The molecule has 0 heterocycles. The summed E-state index contributed by atoms with van der Waals surface area (Å²) in [6.45, 7) is 4.61. The summed E-state index contributed by atoms with van der Waals surface area (Å²) < 4.78 is 0. The molecule has 2 heteroatoms. The molecule has 0 spiro atoms. The first-order valence-electron chi connectivity index (χ1n) is 16.6. The van der Waals surface area contributed by atoms with Gasteiger partial charge in [-0.3, -0.25) is 0 Å². The molecule has 0 atom stereocenters. The predicted octanol–water partition coefficient (Wildman–Crippen LogP) is 12.8. The molecule has 7 aromatic rings. The van der Waals surface area contributed by atoms with Crippen LogP contribution in [0.25, 0.3) is 21.5 Å². The molecule has 0 amide bonds. The Morgan fingerprint density at radius 3 is 0.913 bits per heavy atom. The standard InChI is InChI=1S/C44H40N2/c1-3-17-39-40(18-4-2)44-32-38(46(35-23-13-7-14-24-35)36-25-15-8-16-26-36)28-30-42(44)41-29-27-37(31-43(39)41)45(33-19-9-5-10-20-33)34-21-11-6-12-22-34/h5-16,19-32H,3-4,17-18H2,1-2H3. The number of nitrogens with zero attached hydrogens (tertiary/aromatic N) is 2. The lowest BCUT2D eigenvalue weighted by Crippen LogP contribution is -2.10. The van der Waals surface area contributed by atoms with Gasteiger partial charge in [0.05, 0.1) is 0 Å². The predicted molar refractivity (Wildman–Crippen MR) is 199 cm³/mol. The second-order valence-corrected chi connectivity index (χ2v) is 11.9.